The fourth-order valence-corrected chi connectivity index (χ4v) is 7.11. The Labute approximate surface area is 309 Å². The van der Waals surface area contributed by atoms with Gasteiger partial charge in [-0.1, -0.05) is 108 Å². The summed E-state index contributed by atoms with van der Waals surface area (Å²) in [6.45, 7) is 5.84. The van der Waals surface area contributed by atoms with Gasteiger partial charge in [-0.15, -0.1) is 0 Å². The summed E-state index contributed by atoms with van der Waals surface area (Å²) in [6, 6.07) is 38.4. The minimum Gasteiger partial charge on any atom is -0.457 e. The summed E-state index contributed by atoms with van der Waals surface area (Å²) in [6.07, 6.45) is 0.239. The highest BCUT2D eigenvalue weighted by molar-refractivity contribution is 9.10. The number of nitrogens with zero attached hydrogens (tertiary/aromatic N) is 2. The third-order valence-corrected chi connectivity index (χ3v) is 10.5. The number of hydrogen-bond acceptors (Lipinski definition) is 5. The second kappa shape index (κ2) is 17.3. The summed E-state index contributed by atoms with van der Waals surface area (Å²) in [5, 5.41) is 3.02. The third-order valence-electron chi connectivity index (χ3n) is 8.21. The molecule has 0 aromatic heterocycles. The Bertz CT molecular complexity index is 1990. The van der Waals surface area contributed by atoms with Gasteiger partial charge in [-0.05, 0) is 84.6 Å². The lowest BCUT2D eigenvalue weighted by molar-refractivity contribution is -0.140. The van der Waals surface area contributed by atoms with E-state index in [1.165, 1.54) is 17.0 Å². The molecule has 8 nitrogen and oxygen atoms in total. The van der Waals surface area contributed by atoms with E-state index in [9.17, 15) is 18.0 Å². The van der Waals surface area contributed by atoms with Gasteiger partial charge in [0.25, 0.3) is 10.0 Å². The van der Waals surface area contributed by atoms with E-state index in [0.717, 1.165) is 25.5 Å². The Morgan fingerprint density at radius 3 is 1.94 bits per heavy atom. The minimum absolute atomic E-state index is 0.0421. The molecule has 10 heteroatoms. The standard InChI is InChI=1S/C41H42BrN3O5S/c1-30(2)27-43-41(47)39(26-32-10-6-4-7-11-32)44(28-33-16-18-34(42)19-17-33)40(46)29-45(51(48,49)38-24-14-31(3)15-25-38)35-20-22-37(23-21-35)50-36-12-8-5-9-13-36/h4-25,30,39H,26-29H2,1-3H3,(H,43,47)/t39-/m1/s1. The van der Waals surface area contributed by atoms with Gasteiger partial charge in [0.15, 0.2) is 0 Å². The average molecular weight is 769 g/mol. The maximum absolute atomic E-state index is 14.7. The smallest absolute Gasteiger partial charge is 0.264 e. The molecule has 1 N–H and O–H groups in total. The van der Waals surface area contributed by atoms with Crippen LogP contribution in [0.5, 0.6) is 11.5 Å². The van der Waals surface area contributed by atoms with E-state index < -0.39 is 28.5 Å². The Kier molecular flexibility index (Phi) is 12.7. The van der Waals surface area contributed by atoms with Gasteiger partial charge in [-0.2, -0.15) is 0 Å². The lowest BCUT2D eigenvalue weighted by Gasteiger charge is -2.34. The fraction of sp³-hybridized carbons (Fsp3) is 0.220. The highest BCUT2D eigenvalue weighted by Crippen LogP contribution is 2.29. The van der Waals surface area contributed by atoms with Crippen LogP contribution in [-0.2, 0) is 32.6 Å². The van der Waals surface area contributed by atoms with Crippen LogP contribution in [0.4, 0.5) is 5.69 Å². The lowest BCUT2D eigenvalue weighted by Crippen LogP contribution is -2.53. The molecule has 0 aliphatic heterocycles. The zero-order chi connectivity index (χ0) is 36.4. The van der Waals surface area contributed by atoms with E-state index in [1.54, 1.807) is 36.4 Å². The number of ether oxygens (including phenoxy) is 1. The largest absolute Gasteiger partial charge is 0.457 e. The molecule has 0 unspecified atom stereocenters. The van der Waals surface area contributed by atoms with Crippen LogP contribution in [0.25, 0.3) is 0 Å². The average Bonchev–Trinajstić information content (AvgIpc) is 3.13. The fourth-order valence-electron chi connectivity index (χ4n) is 5.43. The van der Waals surface area contributed by atoms with E-state index >= 15 is 0 Å². The molecule has 1 atom stereocenters. The van der Waals surface area contributed by atoms with Gasteiger partial charge < -0.3 is 15.0 Å². The molecule has 0 aliphatic carbocycles. The zero-order valence-electron chi connectivity index (χ0n) is 28.9. The number of hydrogen-bond donors (Lipinski definition) is 1. The molecule has 0 spiro atoms. The number of sulfonamides is 1. The van der Waals surface area contributed by atoms with Crippen molar-refractivity contribution in [1.29, 1.82) is 0 Å². The van der Waals surface area contributed by atoms with Gasteiger partial charge in [0.2, 0.25) is 11.8 Å². The van der Waals surface area contributed by atoms with Crippen molar-refractivity contribution in [2.45, 2.75) is 44.7 Å². The van der Waals surface area contributed by atoms with E-state index in [2.05, 4.69) is 21.2 Å². The van der Waals surface area contributed by atoms with Gasteiger partial charge >= 0.3 is 0 Å². The first-order valence-corrected chi connectivity index (χ1v) is 19.0. The second-order valence-corrected chi connectivity index (χ2v) is 15.5. The van der Waals surface area contributed by atoms with Crippen LogP contribution in [0.2, 0.25) is 0 Å². The Balaban J connectivity index is 1.55. The van der Waals surface area contributed by atoms with E-state index in [1.807, 2.05) is 106 Å². The van der Waals surface area contributed by atoms with E-state index in [-0.39, 0.29) is 35.4 Å². The molecule has 5 aromatic carbocycles. The number of para-hydroxylation sites is 1. The first-order valence-electron chi connectivity index (χ1n) is 16.8. The van der Waals surface area contributed by atoms with Crippen molar-refractivity contribution in [2.24, 2.45) is 5.92 Å². The number of amides is 2. The van der Waals surface area contributed by atoms with Crippen LogP contribution in [0.3, 0.4) is 0 Å². The lowest BCUT2D eigenvalue weighted by atomic mass is 10.0. The number of anilines is 1. The van der Waals surface area contributed by atoms with Crippen LogP contribution in [-0.4, -0.2) is 44.3 Å². The van der Waals surface area contributed by atoms with E-state index in [4.69, 9.17) is 4.74 Å². The molecule has 0 saturated carbocycles. The number of carbonyl (C=O) groups excluding carboxylic acids is 2. The molecular weight excluding hydrogens is 726 g/mol. The molecule has 0 heterocycles. The molecular formula is C41H42BrN3O5S. The molecule has 0 fully saturated rings. The molecule has 264 valence electrons. The maximum atomic E-state index is 14.7. The minimum atomic E-state index is -4.24. The van der Waals surface area contributed by atoms with Crippen molar-refractivity contribution in [1.82, 2.24) is 10.2 Å². The molecule has 0 radical (unpaired) electrons. The number of rotatable bonds is 15. The molecule has 0 saturated heterocycles. The molecule has 0 aliphatic rings. The van der Waals surface area contributed by atoms with Crippen molar-refractivity contribution in [3.8, 4) is 11.5 Å². The van der Waals surface area contributed by atoms with Gasteiger partial charge in [0.1, 0.15) is 24.1 Å². The van der Waals surface area contributed by atoms with Gasteiger partial charge in [0.05, 0.1) is 10.6 Å². The molecule has 2 amide bonds. The molecule has 5 aromatic rings. The van der Waals surface area contributed by atoms with Crippen LogP contribution < -0.4 is 14.4 Å². The normalized spacial score (nSPS) is 11.9. The van der Waals surface area contributed by atoms with Crippen molar-refractivity contribution in [3.63, 3.8) is 0 Å². The quantitative estimate of drug-likeness (QED) is 0.116. The summed E-state index contributed by atoms with van der Waals surface area (Å²) < 4.78 is 36.7. The Morgan fingerprint density at radius 2 is 1.33 bits per heavy atom. The zero-order valence-corrected chi connectivity index (χ0v) is 31.3. The molecule has 51 heavy (non-hydrogen) atoms. The van der Waals surface area contributed by atoms with Gasteiger partial charge in [-0.3, -0.25) is 13.9 Å². The second-order valence-electron chi connectivity index (χ2n) is 12.7. The van der Waals surface area contributed by atoms with Gasteiger partial charge in [0, 0.05) is 24.0 Å². The number of benzene rings is 5. The summed E-state index contributed by atoms with van der Waals surface area (Å²) in [7, 11) is -4.24. The topological polar surface area (TPSA) is 96.0 Å². The first-order chi connectivity index (χ1) is 24.5. The Hall–Kier alpha value is -4.93. The van der Waals surface area contributed by atoms with Crippen LogP contribution >= 0.6 is 15.9 Å². The summed E-state index contributed by atoms with van der Waals surface area (Å²) in [5.74, 6) is 0.483. The first kappa shape index (κ1) is 37.3. The number of carbonyl (C=O) groups is 2. The van der Waals surface area contributed by atoms with Crippen LogP contribution in [0.1, 0.15) is 30.5 Å². The van der Waals surface area contributed by atoms with E-state index in [0.29, 0.717) is 18.0 Å². The highest BCUT2D eigenvalue weighted by Gasteiger charge is 2.34. The van der Waals surface area contributed by atoms with Crippen molar-refractivity contribution >= 4 is 43.5 Å². The van der Waals surface area contributed by atoms with Crippen molar-refractivity contribution in [3.05, 3.63) is 155 Å². The van der Waals surface area contributed by atoms with Crippen molar-refractivity contribution in [2.75, 3.05) is 17.4 Å². The Morgan fingerprint density at radius 1 is 0.745 bits per heavy atom. The van der Waals surface area contributed by atoms with Crippen LogP contribution in [0, 0.1) is 12.8 Å². The van der Waals surface area contributed by atoms with Crippen molar-refractivity contribution < 1.29 is 22.7 Å². The highest BCUT2D eigenvalue weighted by atomic mass is 79.9. The number of nitrogens with one attached hydrogen (secondary N) is 1. The molecule has 0 bridgehead atoms. The summed E-state index contributed by atoms with van der Waals surface area (Å²) in [4.78, 5) is 30.2. The predicted molar refractivity (Wildman–Crippen MR) is 205 cm³/mol. The third kappa shape index (κ3) is 10.3. The maximum Gasteiger partial charge on any atom is 0.264 e. The predicted octanol–water partition coefficient (Wildman–Crippen LogP) is 8.16. The summed E-state index contributed by atoms with van der Waals surface area (Å²) >= 11 is 3.47. The SMILES string of the molecule is Cc1ccc(S(=O)(=O)N(CC(=O)N(Cc2ccc(Br)cc2)[C@H](Cc2ccccc2)C(=O)NCC(C)C)c2ccc(Oc3ccccc3)cc2)cc1. The van der Waals surface area contributed by atoms with Gasteiger partial charge in [-0.25, -0.2) is 8.42 Å². The number of aryl methyl sites for hydroxylation is 1. The number of halogens is 1. The summed E-state index contributed by atoms with van der Waals surface area (Å²) in [5.41, 5.74) is 2.83. The molecule has 5 rings (SSSR count). The monoisotopic (exact) mass is 767 g/mol. The van der Waals surface area contributed by atoms with Crippen LogP contribution in [0.15, 0.2) is 143 Å².